The number of halogens is 1. The molecule has 0 bridgehead atoms. The van der Waals surface area contributed by atoms with E-state index in [0.717, 1.165) is 11.1 Å². The molecular weight excluding hydrogens is 470 g/mol. The maximum absolute atomic E-state index is 12.6. The Balaban J connectivity index is 1.76. The van der Waals surface area contributed by atoms with Gasteiger partial charge in [0.05, 0.1) is 11.5 Å². The number of nitro benzene ring substituents is 1. The number of nitrogens with one attached hydrogen (secondary N) is 1. The number of amides is 1. The number of carbonyl (C=O) groups is 1. The van der Waals surface area contributed by atoms with Gasteiger partial charge in [0, 0.05) is 22.8 Å². The average Bonchev–Trinajstić information content (AvgIpc) is 2.84. The van der Waals surface area contributed by atoms with Crippen LogP contribution in [-0.4, -0.2) is 17.4 Å². The summed E-state index contributed by atoms with van der Waals surface area (Å²) in [5.74, 6) is 0.328. The number of aryl methyl sites for hydroxylation is 1. The van der Waals surface area contributed by atoms with Gasteiger partial charge in [-0.1, -0.05) is 23.7 Å². The number of hydrogen-bond acceptors (Lipinski definition) is 6. The summed E-state index contributed by atoms with van der Waals surface area (Å²) < 4.78 is 11.5. The molecule has 3 aromatic carbocycles. The van der Waals surface area contributed by atoms with Gasteiger partial charge in [0.1, 0.15) is 18.2 Å². The molecule has 35 heavy (non-hydrogen) atoms. The van der Waals surface area contributed by atoms with Gasteiger partial charge in [0.2, 0.25) is 0 Å². The van der Waals surface area contributed by atoms with E-state index in [9.17, 15) is 20.2 Å². The zero-order valence-electron chi connectivity index (χ0n) is 19.1. The molecule has 0 spiro atoms. The number of rotatable bonds is 9. The van der Waals surface area contributed by atoms with E-state index in [1.807, 2.05) is 19.9 Å². The van der Waals surface area contributed by atoms with Crippen LogP contribution in [0.25, 0.3) is 6.08 Å². The van der Waals surface area contributed by atoms with Gasteiger partial charge < -0.3 is 14.8 Å². The van der Waals surface area contributed by atoms with Gasteiger partial charge in [-0.25, -0.2) is 0 Å². The van der Waals surface area contributed by atoms with E-state index in [0.29, 0.717) is 34.4 Å². The molecule has 0 heterocycles. The van der Waals surface area contributed by atoms with Gasteiger partial charge in [0.15, 0.2) is 11.5 Å². The first kappa shape index (κ1) is 25.3. The maximum Gasteiger partial charge on any atom is 0.269 e. The predicted octanol–water partition coefficient (Wildman–Crippen LogP) is 6.08. The number of anilines is 1. The number of benzene rings is 3. The maximum atomic E-state index is 12.6. The van der Waals surface area contributed by atoms with E-state index in [1.54, 1.807) is 48.5 Å². The van der Waals surface area contributed by atoms with Gasteiger partial charge >= 0.3 is 0 Å². The van der Waals surface area contributed by atoms with Crippen molar-refractivity contribution in [2.24, 2.45) is 0 Å². The molecule has 0 fully saturated rings. The Bertz CT molecular complexity index is 1310. The molecule has 178 valence electrons. The van der Waals surface area contributed by atoms with Crippen LogP contribution in [0.1, 0.15) is 23.6 Å². The Labute approximate surface area is 207 Å². The SMILES string of the molecule is CCOc1cc(/C=C(\C#N)C(=O)Nc2ccc(C)c(Cl)c2)ccc1OCc1ccc([N+](=O)[O-])cc1. The van der Waals surface area contributed by atoms with Crippen LogP contribution in [0.4, 0.5) is 11.4 Å². The lowest BCUT2D eigenvalue weighted by Crippen LogP contribution is -2.13. The Kier molecular flexibility index (Phi) is 8.43. The fraction of sp³-hybridized carbons (Fsp3) is 0.154. The molecule has 0 unspecified atom stereocenters. The van der Waals surface area contributed by atoms with Crippen molar-refractivity contribution in [3.05, 3.63) is 98.1 Å². The Morgan fingerprint density at radius 2 is 1.86 bits per heavy atom. The summed E-state index contributed by atoms with van der Waals surface area (Å²) in [6.45, 7) is 4.23. The van der Waals surface area contributed by atoms with Gasteiger partial charge in [-0.15, -0.1) is 0 Å². The van der Waals surface area contributed by atoms with Crippen LogP contribution in [0.5, 0.6) is 11.5 Å². The summed E-state index contributed by atoms with van der Waals surface area (Å²) in [5, 5.41) is 23.5. The van der Waals surface area contributed by atoms with E-state index >= 15 is 0 Å². The Morgan fingerprint density at radius 1 is 1.11 bits per heavy atom. The predicted molar refractivity (Wildman–Crippen MR) is 133 cm³/mol. The zero-order valence-corrected chi connectivity index (χ0v) is 19.8. The van der Waals surface area contributed by atoms with Crippen molar-refractivity contribution in [1.82, 2.24) is 0 Å². The molecule has 0 aliphatic carbocycles. The highest BCUT2D eigenvalue weighted by molar-refractivity contribution is 6.31. The summed E-state index contributed by atoms with van der Waals surface area (Å²) in [4.78, 5) is 22.9. The van der Waals surface area contributed by atoms with Gasteiger partial charge in [-0.05, 0) is 73.0 Å². The normalized spacial score (nSPS) is 10.9. The van der Waals surface area contributed by atoms with E-state index in [2.05, 4.69) is 5.32 Å². The van der Waals surface area contributed by atoms with Crippen molar-refractivity contribution >= 4 is 35.0 Å². The standard InChI is InChI=1S/C26H22ClN3O5/c1-3-34-25-13-19(7-11-24(25)35-16-18-5-9-22(10-6-18)30(32)33)12-20(15-28)26(31)29-21-8-4-17(2)23(27)14-21/h4-14H,3,16H2,1-2H3,(H,29,31)/b20-12+. The molecule has 9 heteroatoms. The minimum absolute atomic E-state index is 0.00250. The summed E-state index contributed by atoms with van der Waals surface area (Å²) in [5.41, 5.74) is 2.59. The molecular formula is C26H22ClN3O5. The van der Waals surface area contributed by atoms with Crippen molar-refractivity contribution in [3.63, 3.8) is 0 Å². The molecule has 3 aromatic rings. The highest BCUT2D eigenvalue weighted by Gasteiger charge is 2.13. The van der Waals surface area contributed by atoms with Gasteiger partial charge in [-0.3, -0.25) is 14.9 Å². The second-order valence-electron chi connectivity index (χ2n) is 7.44. The van der Waals surface area contributed by atoms with E-state index in [4.69, 9.17) is 21.1 Å². The van der Waals surface area contributed by atoms with E-state index < -0.39 is 10.8 Å². The smallest absolute Gasteiger partial charge is 0.269 e. The first-order chi connectivity index (χ1) is 16.8. The molecule has 0 saturated heterocycles. The minimum Gasteiger partial charge on any atom is -0.490 e. The van der Waals surface area contributed by atoms with Crippen molar-refractivity contribution in [3.8, 4) is 17.6 Å². The molecule has 1 amide bonds. The number of nitriles is 1. The number of carbonyl (C=O) groups excluding carboxylic acids is 1. The molecule has 0 aliphatic rings. The summed E-state index contributed by atoms with van der Waals surface area (Å²) >= 11 is 6.10. The van der Waals surface area contributed by atoms with Crippen LogP contribution < -0.4 is 14.8 Å². The first-order valence-electron chi connectivity index (χ1n) is 10.6. The van der Waals surface area contributed by atoms with Gasteiger partial charge in [0.25, 0.3) is 11.6 Å². The van der Waals surface area contributed by atoms with Crippen LogP contribution in [0, 0.1) is 28.4 Å². The quantitative estimate of drug-likeness (QED) is 0.168. The number of nitrogens with zero attached hydrogens (tertiary/aromatic N) is 2. The number of ether oxygens (including phenoxy) is 2. The first-order valence-corrected chi connectivity index (χ1v) is 11.0. The third-order valence-corrected chi connectivity index (χ3v) is 5.32. The summed E-state index contributed by atoms with van der Waals surface area (Å²) in [7, 11) is 0. The highest BCUT2D eigenvalue weighted by Crippen LogP contribution is 2.30. The largest absolute Gasteiger partial charge is 0.490 e. The minimum atomic E-state index is -0.566. The van der Waals surface area contributed by atoms with Crippen molar-refractivity contribution in [1.29, 1.82) is 5.26 Å². The van der Waals surface area contributed by atoms with E-state index in [1.165, 1.54) is 18.2 Å². The molecule has 0 radical (unpaired) electrons. The molecule has 0 saturated carbocycles. The van der Waals surface area contributed by atoms with Crippen molar-refractivity contribution in [2.45, 2.75) is 20.5 Å². The highest BCUT2D eigenvalue weighted by atomic mass is 35.5. The van der Waals surface area contributed by atoms with Crippen LogP contribution >= 0.6 is 11.6 Å². The fourth-order valence-electron chi connectivity index (χ4n) is 3.06. The zero-order chi connectivity index (χ0) is 25.4. The van der Waals surface area contributed by atoms with Crippen molar-refractivity contribution in [2.75, 3.05) is 11.9 Å². The monoisotopic (exact) mass is 491 g/mol. The lowest BCUT2D eigenvalue weighted by molar-refractivity contribution is -0.384. The lowest BCUT2D eigenvalue weighted by Gasteiger charge is -2.13. The second kappa shape index (κ2) is 11.7. The average molecular weight is 492 g/mol. The van der Waals surface area contributed by atoms with Crippen LogP contribution in [0.2, 0.25) is 5.02 Å². The number of nitro groups is 1. The topological polar surface area (TPSA) is 114 Å². The molecule has 0 atom stereocenters. The molecule has 8 nitrogen and oxygen atoms in total. The van der Waals surface area contributed by atoms with Crippen LogP contribution in [-0.2, 0) is 11.4 Å². The molecule has 0 aromatic heterocycles. The van der Waals surface area contributed by atoms with Crippen LogP contribution in [0.3, 0.4) is 0 Å². The fourth-order valence-corrected chi connectivity index (χ4v) is 3.24. The Morgan fingerprint density at radius 3 is 2.49 bits per heavy atom. The van der Waals surface area contributed by atoms with Crippen LogP contribution in [0.15, 0.2) is 66.2 Å². The van der Waals surface area contributed by atoms with Crippen molar-refractivity contribution < 1.29 is 19.2 Å². The van der Waals surface area contributed by atoms with Gasteiger partial charge in [-0.2, -0.15) is 5.26 Å². The number of non-ortho nitro benzene ring substituents is 1. The summed E-state index contributed by atoms with van der Waals surface area (Å²) in [6.07, 6.45) is 1.45. The molecule has 0 aliphatic heterocycles. The third-order valence-electron chi connectivity index (χ3n) is 4.91. The van der Waals surface area contributed by atoms with E-state index in [-0.39, 0.29) is 17.9 Å². The number of hydrogen-bond donors (Lipinski definition) is 1. The molecule has 1 N–H and O–H groups in total. The molecule has 3 rings (SSSR count). The Hall–Kier alpha value is -4.35. The third kappa shape index (κ3) is 6.82. The summed E-state index contributed by atoms with van der Waals surface area (Å²) in [6, 6.07) is 18.1. The lowest BCUT2D eigenvalue weighted by atomic mass is 10.1. The second-order valence-corrected chi connectivity index (χ2v) is 7.85.